The van der Waals surface area contributed by atoms with Crippen LogP contribution in [-0.2, 0) is 0 Å². The van der Waals surface area contributed by atoms with Crippen molar-refractivity contribution < 1.29 is 9.53 Å². The van der Waals surface area contributed by atoms with Gasteiger partial charge in [-0.2, -0.15) is 15.4 Å². The summed E-state index contributed by atoms with van der Waals surface area (Å²) >= 11 is 0. The van der Waals surface area contributed by atoms with Gasteiger partial charge in [-0.05, 0) is 24.6 Å². The fraction of sp³-hybridized carbons (Fsp3) is 0.438. The van der Waals surface area contributed by atoms with Crippen LogP contribution in [0, 0.1) is 0 Å². The Morgan fingerprint density at radius 1 is 1.30 bits per heavy atom. The third-order valence-electron chi connectivity index (χ3n) is 4.36. The summed E-state index contributed by atoms with van der Waals surface area (Å²) in [5.74, 6) is 0.807. The second-order valence-electron chi connectivity index (χ2n) is 5.64. The van der Waals surface area contributed by atoms with Crippen LogP contribution in [-0.4, -0.2) is 64.4 Å². The number of aromatic amines is 1. The Kier molecular flexibility index (Phi) is 4.57. The zero-order chi connectivity index (χ0) is 16.2. The van der Waals surface area contributed by atoms with E-state index in [1.165, 1.54) is 11.8 Å². The Balaban J connectivity index is 1.61. The molecular weight excluding hydrogens is 294 g/mol. The maximum atomic E-state index is 12.3. The lowest BCUT2D eigenvalue weighted by Gasteiger charge is -2.38. The maximum absolute atomic E-state index is 12.3. The smallest absolute Gasteiger partial charge is 0.276 e. The number of piperazine rings is 1. The Morgan fingerprint density at radius 2 is 2.09 bits per heavy atom. The lowest BCUT2D eigenvalue weighted by molar-refractivity contribution is 0.0576. The largest absolute Gasteiger partial charge is 0.497 e. The Morgan fingerprint density at radius 3 is 2.74 bits per heavy atom. The van der Waals surface area contributed by atoms with Crippen molar-refractivity contribution in [3.63, 3.8) is 0 Å². The minimum absolute atomic E-state index is 0.0626. The van der Waals surface area contributed by atoms with E-state index in [1.807, 2.05) is 17.0 Å². The van der Waals surface area contributed by atoms with Crippen LogP contribution >= 0.6 is 0 Å². The molecule has 1 aliphatic heterocycles. The van der Waals surface area contributed by atoms with E-state index in [2.05, 4.69) is 39.4 Å². The number of ether oxygens (including phenoxy) is 1. The van der Waals surface area contributed by atoms with E-state index in [4.69, 9.17) is 4.74 Å². The second-order valence-corrected chi connectivity index (χ2v) is 5.64. The molecule has 1 N–H and O–H groups in total. The van der Waals surface area contributed by atoms with Crippen LogP contribution in [0.2, 0.25) is 0 Å². The summed E-state index contributed by atoms with van der Waals surface area (Å²) in [5.41, 5.74) is 1.60. The number of carbonyl (C=O) groups excluding carboxylic acids is 1. The first-order valence-corrected chi connectivity index (χ1v) is 7.72. The van der Waals surface area contributed by atoms with Crippen LogP contribution in [0.15, 0.2) is 30.5 Å². The zero-order valence-corrected chi connectivity index (χ0v) is 13.4. The molecule has 23 heavy (non-hydrogen) atoms. The molecule has 1 fully saturated rings. The molecule has 0 radical (unpaired) electrons. The number of benzene rings is 1. The highest BCUT2D eigenvalue weighted by Crippen LogP contribution is 2.25. The molecule has 2 aromatic rings. The van der Waals surface area contributed by atoms with Crippen molar-refractivity contribution in [1.29, 1.82) is 0 Å². The SMILES string of the molecule is COc1cccc(C(C)N2CCN(C(=O)c3cn[nH]n3)CC2)c1. The first kappa shape index (κ1) is 15.5. The molecule has 0 saturated carbocycles. The number of aromatic nitrogens is 3. The second kappa shape index (κ2) is 6.78. The highest BCUT2D eigenvalue weighted by Gasteiger charge is 2.26. The number of methoxy groups -OCH3 is 1. The normalized spacial score (nSPS) is 17.0. The summed E-state index contributed by atoms with van der Waals surface area (Å²) in [7, 11) is 1.68. The topological polar surface area (TPSA) is 74.3 Å². The average molecular weight is 315 g/mol. The van der Waals surface area contributed by atoms with Crippen molar-refractivity contribution in [1.82, 2.24) is 25.2 Å². The first-order valence-electron chi connectivity index (χ1n) is 7.72. The summed E-state index contributed by atoms with van der Waals surface area (Å²) < 4.78 is 5.29. The summed E-state index contributed by atoms with van der Waals surface area (Å²) in [5, 5.41) is 10.0. The number of nitrogens with one attached hydrogen (secondary N) is 1. The van der Waals surface area contributed by atoms with Gasteiger partial charge in [0.1, 0.15) is 5.75 Å². The van der Waals surface area contributed by atoms with Crippen LogP contribution in [0.5, 0.6) is 5.75 Å². The number of hydrogen-bond donors (Lipinski definition) is 1. The highest BCUT2D eigenvalue weighted by molar-refractivity contribution is 5.91. The standard InChI is InChI=1S/C16H21N5O2/c1-12(13-4-3-5-14(10-13)23-2)20-6-8-21(9-7-20)16(22)15-11-17-19-18-15/h3-5,10-12H,6-9H2,1-2H3,(H,17,18,19). The van der Waals surface area contributed by atoms with E-state index in [1.54, 1.807) is 7.11 Å². The maximum Gasteiger partial charge on any atom is 0.276 e. The highest BCUT2D eigenvalue weighted by atomic mass is 16.5. The Labute approximate surface area is 135 Å². The molecule has 7 nitrogen and oxygen atoms in total. The number of nitrogens with zero attached hydrogens (tertiary/aromatic N) is 4. The van der Waals surface area contributed by atoms with Crippen LogP contribution < -0.4 is 4.74 Å². The molecule has 1 aromatic carbocycles. The van der Waals surface area contributed by atoms with Crippen LogP contribution in [0.3, 0.4) is 0 Å². The molecule has 1 saturated heterocycles. The molecule has 1 aliphatic rings. The van der Waals surface area contributed by atoms with Gasteiger partial charge in [0.2, 0.25) is 0 Å². The molecule has 0 aliphatic carbocycles. The van der Waals surface area contributed by atoms with E-state index in [0.29, 0.717) is 18.8 Å². The molecule has 7 heteroatoms. The molecule has 1 atom stereocenters. The molecule has 0 spiro atoms. The minimum atomic E-state index is -0.0626. The Bertz CT molecular complexity index is 650. The van der Waals surface area contributed by atoms with Gasteiger partial charge in [-0.25, -0.2) is 0 Å². The molecule has 0 bridgehead atoms. The zero-order valence-electron chi connectivity index (χ0n) is 13.4. The van der Waals surface area contributed by atoms with Crippen molar-refractivity contribution in [2.75, 3.05) is 33.3 Å². The molecule has 3 rings (SSSR count). The van der Waals surface area contributed by atoms with Gasteiger partial charge >= 0.3 is 0 Å². The monoisotopic (exact) mass is 315 g/mol. The number of amides is 1. The molecule has 1 aromatic heterocycles. The number of hydrogen-bond acceptors (Lipinski definition) is 5. The Hall–Kier alpha value is -2.41. The van der Waals surface area contributed by atoms with Crippen molar-refractivity contribution >= 4 is 5.91 Å². The molecule has 1 amide bonds. The van der Waals surface area contributed by atoms with Crippen LogP contribution in [0.1, 0.15) is 29.0 Å². The van der Waals surface area contributed by atoms with Crippen LogP contribution in [0.4, 0.5) is 0 Å². The summed E-state index contributed by atoms with van der Waals surface area (Å²) in [6.07, 6.45) is 1.47. The van der Waals surface area contributed by atoms with Gasteiger partial charge in [0, 0.05) is 32.2 Å². The number of H-pyrrole nitrogens is 1. The summed E-state index contributed by atoms with van der Waals surface area (Å²) in [6, 6.07) is 8.42. The first-order chi connectivity index (χ1) is 11.2. The van der Waals surface area contributed by atoms with Gasteiger partial charge in [-0.3, -0.25) is 9.69 Å². The minimum Gasteiger partial charge on any atom is -0.497 e. The van der Waals surface area contributed by atoms with Gasteiger partial charge in [-0.1, -0.05) is 12.1 Å². The van der Waals surface area contributed by atoms with E-state index in [-0.39, 0.29) is 11.9 Å². The average Bonchev–Trinajstić information content (AvgIpc) is 3.15. The quantitative estimate of drug-likeness (QED) is 0.921. The molecule has 1 unspecified atom stereocenters. The van der Waals surface area contributed by atoms with E-state index < -0.39 is 0 Å². The van der Waals surface area contributed by atoms with Crippen molar-refractivity contribution in [2.45, 2.75) is 13.0 Å². The number of rotatable bonds is 4. The lowest BCUT2D eigenvalue weighted by Crippen LogP contribution is -2.49. The molecule has 2 heterocycles. The van der Waals surface area contributed by atoms with Gasteiger partial charge in [0.05, 0.1) is 13.3 Å². The lowest BCUT2D eigenvalue weighted by atomic mass is 10.1. The van der Waals surface area contributed by atoms with E-state index >= 15 is 0 Å². The van der Waals surface area contributed by atoms with Crippen LogP contribution in [0.25, 0.3) is 0 Å². The van der Waals surface area contributed by atoms with Crippen molar-refractivity contribution in [3.05, 3.63) is 41.7 Å². The van der Waals surface area contributed by atoms with Gasteiger partial charge < -0.3 is 9.64 Å². The predicted octanol–water partition coefficient (Wildman–Crippen LogP) is 1.33. The van der Waals surface area contributed by atoms with Crippen molar-refractivity contribution in [3.8, 4) is 5.75 Å². The molecule has 122 valence electrons. The molecular formula is C16H21N5O2. The third kappa shape index (κ3) is 3.34. The van der Waals surface area contributed by atoms with E-state index in [0.717, 1.165) is 18.8 Å². The number of carbonyl (C=O) groups is 1. The van der Waals surface area contributed by atoms with Gasteiger partial charge in [0.15, 0.2) is 5.69 Å². The third-order valence-corrected chi connectivity index (χ3v) is 4.36. The van der Waals surface area contributed by atoms with Gasteiger partial charge in [-0.15, -0.1) is 0 Å². The van der Waals surface area contributed by atoms with Gasteiger partial charge in [0.25, 0.3) is 5.91 Å². The van der Waals surface area contributed by atoms with Crippen molar-refractivity contribution in [2.24, 2.45) is 0 Å². The predicted molar refractivity (Wildman–Crippen MR) is 85.3 cm³/mol. The fourth-order valence-corrected chi connectivity index (χ4v) is 2.89. The fourth-order valence-electron chi connectivity index (χ4n) is 2.89. The summed E-state index contributed by atoms with van der Waals surface area (Å²) in [4.78, 5) is 16.5. The van der Waals surface area contributed by atoms with E-state index in [9.17, 15) is 4.79 Å². The summed E-state index contributed by atoms with van der Waals surface area (Å²) in [6.45, 7) is 5.24.